The second kappa shape index (κ2) is 8.68. The maximum Gasteiger partial charge on any atom is 0.321 e. The number of benzene rings is 2. The first-order valence-corrected chi connectivity index (χ1v) is 7.62. The van der Waals surface area contributed by atoms with Crippen molar-refractivity contribution in [2.75, 3.05) is 31.7 Å². The Labute approximate surface area is 136 Å². The van der Waals surface area contributed by atoms with E-state index in [4.69, 9.17) is 9.47 Å². The van der Waals surface area contributed by atoms with Crippen LogP contribution >= 0.6 is 0 Å². The fourth-order valence-corrected chi connectivity index (χ4v) is 2.15. The fraction of sp³-hybridized carbons (Fsp3) is 0.278. The Morgan fingerprint density at radius 3 is 2.30 bits per heavy atom. The zero-order valence-electron chi connectivity index (χ0n) is 13.5. The van der Waals surface area contributed by atoms with Gasteiger partial charge in [-0.1, -0.05) is 18.2 Å². The summed E-state index contributed by atoms with van der Waals surface area (Å²) in [5.41, 5.74) is 0.878. The van der Waals surface area contributed by atoms with E-state index in [1.165, 1.54) is 0 Å². The van der Waals surface area contributed by atoms with Gasteiger partial charge in [-0.25, -0.2) is 4.79 Å². The molecule has 23 heavy (non-hydrogen) atoms. The molecule has 5 heteroatoms. The first-order chi connectivity index (χ1) is 11.2. The third kappa shape index (κ3) is 4.92. The molecule has 0 unspecified atom stereocenters. The summed E-state index contributed by atoms with van der Waals surface area (Å²) in [6.45, 7) is 3.40. The van der Waals surface area contributed by atoms with Crippen molar-refractivity contribution in [3.05, 3.63) is 54.6 Å². The Hall–Kier alpha value is -2.69. The van der Waals surface area contributed by atoms with Gasteiger partial charge in [0, 0.05) is 12.2 Å². The van der Waals surface area contributed by atoms with E-state index < -0.39 is 0 Å². The van der Waals surface area contributed by atoms with Crippen LogP contribution in [0.5, 0.6) is 11.5 Å². The lowest BCUT2D eigenvalue weighted by molar-refractivity contribution is 0.242. The van der Waals surface area contributed by atoms with Crippen LogP contribution in [0.15, 0.2) is 54.6 Å². The summed E-state index contributed by atoms with van der Waals surface area (Å²) in [4.78, 5) is 13.9. The Kier molecular flexibility index (Phi) is 6.29. The number of methoxy groups -OCH3 is 1. The Bertz CT molecular complexity index is 599. The second-order valence-electron chi connectivity index (χ2n) is 4.84. The predicted octanol–water partition coefficient (Wildman–Crippen LogP) is 3.31. The van der Waals surface area contributed by atoms with E-state index in [-0.39, 0.29) is 6.03 Å². The zero-order chi connectivity index (χ0) is 16.5. The molecule has 0 spiro atoms. The quantitative estimate of drug-likeness (QED) is 0.798. The number of nitrogens with one attached hydrogen (secondary N) is 1. The fourth-order valence-electron chi connectivity index (χ4n) is 2.15. The molecule has 0 saturated carbocycles. The molecule has 0 aromatic heterocycles. The highest BCUT2D eigenvalue weighted by Gasteiger charge is 2.12. The number of para-hydroxylation sites is 1. The number of anilines is 1. The number of hydrogen-bond acceptors (Lipinski definition) is 3. The van der Waals surface area contributed by atoms with Gasteiger partial charge in [-0.3, -0.25) is 4.90 Å². The van der Waals surface area contributed by atoms with Crippen molar-refractivity contribution in [3.63, 3.8) is 0 Å². The predicted molar refractivity (Wildman–Crippen MR) is 91.3 cm³/mol. The zero-order valence-corrected chi connectivity index (χ0v) is 13.5. The summed E-state index contributed by atoms with van der Waals surface area (Å²) >= 11 is 0. The Balaban J connectivity index is 1.77. The number of urea groups is 1. The van der Waals surface area contributed by atoms with Crippen LogP contribution in [0.1, 0.15) is 6.92 Å². The topological polar surface area (TPSA) is 50.8 Å². The molecule has 0 aliphatic carbocycles. The molecule has 2 aromatic rings. The summed E-state index contributed by atoms with van der Waals surface area (Å²) in [7, 11) is 1.62. The first-order valence-electron chi connectivity index (χ1n) is 7.62. The van der Waals surface area contributed by atoms with Crippen molar-refractivity contribution >= 4 is 11.7 Å². The largest absolute Gasteiger partial charge is 0.497 e. The van der Waals surface area contributed by atoms with Crippen LogP contribution < -0.4 is 19.7 Å². The van der Waals surface area contributed by atoms with Gasteiger partial charge in [0.25, 0.3) is 0 Å². The van der Waals surface area contributed by atoms with Gasteiger partial charge >= 0.3 is 6.03 Å². The minimum Gasteiger partial charge on any atom is -0.497 e. The number of carbonyl (C=O) groups is 1. The maximum atomic E-state index is 12.2. The molecule has 0 radical (unpaired) electrons. The molecular weight excluding hydrogens is 292 g/mol. The molecule has 0 aliphatic heterocycles. The van der Waals surface area contributed by atoms with Crippen LogP contribution in [-0.4, -0.2) is 32.8 Å². The number of hydrogen-bond donors (Lipinski definition) is 1. The van der Waals surface area contributed by atoms with Crippen molar-refractivity contribution < 1.29 is 14.3 Å². The molecule has 5 nitrogen and oxygen atoms in total. The smallest absolute Gasteiger partial charge is 0.321 e. The van der Waals surface area contributed by atoms with Crippen molar-refractivity contribution in [1.29, 1.82) is 0 Å². The van der Waals surface area contributed by atoms with Gasteiger partial charge < -0.3 is 14.8 Å². The van der Waals surface area contributed by atoms with Gasteiger partial charge in [0.05, 0.1) is 13.7 Å². The van der Waals surface area contributed by atoms with Gasteiger partial charge in [0.15, 0.2) is 0 Å². The molecule has 122 valence electrons. The van der Waals surface area contributed by atoms with Gasteiger partial charge in [-0.15, -0.1) is 0 Å². The van der Waals surface area contributed by atoms with Crippen LogP contribution in [0.4, 0.5) is 10.5 Å². The summed E-state index contributed by atoms with van der Waals surface area (Å²) in [5.74, 6) is 1.53. The molecule has 0 saturated heterocycles. The van der Waals surface area contributed by atoms with Crippen LogP contribution in [0.3, 0.4) is 0 Å². The number of ether oxygens (including phenoxy) is 2. The molecule has 1 N–H and O–H groups in total. The Morgan fingerprint density at radius 2 is 1.70 bits per heavy atom. The average molecular weight is 314 g/mol. The molecule has 0 fully saturated rings. The highest BCUT2D eigenvalue weighted by molar-refractivity contribution is 5.91. The van der Waals surface area contributed by atoms with Crippen molar-refractivity contribution in [2.24, 2.45) is 0 Å². The van der Waals surface area contributed by atoms with E-state index in [9.17, 15) is 4.79 Å². The third-order valence-corrected chi connectivity index (χ3v) is 3.34. The lowest BCUT2D eigenvalue weighted by atomic mass is 10.3. The molecule has 0 heterocycles. The molecule has 0 aliphatic rings. The monoisotopic (exact) mass is 314 g/mol. The van der Waals surface area contributed by atoms with Crippen LogP contribution in [0.2, 0.25) is 0 Å². The van der Waals surface area contributed by atoms with E-state index in [1.54, 1.807) is 12.0 Å². The van der Waals surface area contributed by atoms with Crippen molar-refractivity contribution in [2.45, 2.75) is 6.92 Å². The number of amides is 2. The van der Waals surface area contributed by atoms with Gasteiger partial charge in [0.2, 0.25) is 0 Å². The average Bonchev–Trinajstić information content (AvgIpc) is 2.61. The van der Waals surface area contributed by atoms with Crippen LogP contribution in [-0.2, 0) is 0 Å². The molecule has 2 aromatic carbocycles. The third-order valence-electron chi connectivity index (χ3n) is 3.34. The minimum absolute atomic E-state index is 0.128. The van der Waals surface area contributed by atoms with Crippen molar-refractivity contribution in [1.82, 2.24) is 5.32 Å². The van der Waals surface area contributed by atoms with E-state index in [1.807, 2.05) is 61.5 Å². The highest BCUT2D eigenvalue weighted by Crippen LogP contribution is 2.16. The molecule has 0 bridgehead atoms. The Morgan fingerprint density at radius 1 is 1.04 bits per heavy atom. The van der Waals surface area contributed by atoms with E-state index >= 15 is 0 Å². The van der Waals surface area contributed by atoms with Gasteiger partial charge in [-0.05, 0) is 43.3 Å². The van der Waals surface area contributed by atoms with Crippen LogP contribution in [0.25, 0.3) is 0 Å². The molecule has 2 rings (SSSR count). The first kappa shape index (κ1) is 16.7. The molecular formula is C18H22N2O3. The normalized spacial score (nSPS) is 10.0. The standard InChI is InChI=1S/C18H22N2O3/c1-3-20(15-7-5-4-6-8-15)18(21)19-13-14-23-17-11-9-16(22-2)10-12-17/h4-12H,3,13-14H2,1-2H3,(H,19,21). The summed E-state index contributed by atoms with van der Waals surface area (Å²) in [5, 5.41) is 2.86. The molecule has 0 atom stereocenters. The van der Waals surface area contributed by atoms with Gasteiger partial charge in [0.1, 0.15) is 18.1 Å². The number of nitrogens with zero attached hydrogens (tertiary/aromatic N) is 1. The van der Waals surface area contributed by atoms with Gasteiger partial charge in [-0.2, -0.15) is 0 Å². The maximum absolute atomic E-state index is 12.2. The minimum atomic E-state index is -0.128. The summed E-state index contributed by atoms with van der Waals surface area (Å²) in [6.07, 6.45) is 0. The van der Waals surface area contributed by atoms with Crippen molar-refractivity contribution in [3.8, 4) is 11.5 Å². The summed E-state index contributed by atoms with van der Waals surface area (Å²) in [6, 6.07) is 16.8. The number of carbonyl (C=O) groups excluding carboxylic acids is 1. The molecule has 2 amide bonds. The van der Waals surface area contributed by atoms with E-state index in [0.29, 0.717) is 19.7 Å². The lowest BCUT2D eigenvalue weighted by Crippen LogP contribution is -2.41. The van der Waals surface area contributed by atoms with E-state index in [0.717, 1.165) is 17.2 Å². The SMILES string of the molecule is CCN(C(=O)NCCOc1ccc(OC)cc1)c1ccccc1. The van der Waals surface area contributed by atoms with E-state index in [2.05, 4.69) is 5.32 Å². The second-order valence-corrected chi connectivity index (χ2v) is 4.84. The number of rotatable bonds is 7. The van der Waals surface area contributed by atoms with Crippen LogP contribution in [0, 0.1) is 0 Å². The highest BCUT2D eigenvalue weighted by atomic mass is 16.5. The summed E-state index contributed by atoms with van der Waals surface area (Å²) < 4.78 is 10.7. The lowest BCUT2D eigenvalue weighted by Gasteiger charge is -2.21.